The molecule has 226 valence electrons. The van der Waals surface area contributed by atoms with Crippen molar-refractivity contribution in [3.63, 3.8) is 0 Å². The summed E-state index contributed by atoms with van der Waals surface area (Å²) in [5, 5.41) is 3.55. The molecule has 4 aromatic rings. The summed E-state index contributed by atoms with van der Waals surface area (Å²) in [6.45, 7) is 6.81. The van der Waals surface area contributed by atoms with Crippen LogP contribution in [0.4, 0.5) is 5.69 Å². The number of nitrogens with one attached hydrogen (secondary N) is 1. The molecule has 1 N–H and O–H groups in total. The van der Waals surface area contributed by atoms with E-state index in [2.05, 4.69) is 70.9 Å². The van der Waals surface area contributed by atoms with Gasteiger partial charge in [-0.3, -0.25) is 14.5 Å². The number of carbonyl (C=O) groups is 2. The number of carbonyl (C=O) groups excluding carboxylic acids is 2. The van der Waals surface area contributed by atoms with E-state index in [0.717, 1.165) is 36.3 Å². The van der Waals surface area contributed by atoms with Gasteiger partial charge in [0.1, 0.15) is 6.17 Å². The van der Waals surface area contributed by atoms with E-state index in [1.165, 1.54) is 11.1 Å². The van der Waals surface area contributed by atoms with Crippen LogP contribution in [0.3, 0.4) is 0 Å². The smallest absolute Gasteiger partial charge is 0.256 e. The SMILES string of the molecule is CCOCCCN1C(=O)c2ccccc2[C@@H]1Nc1ccc(C(=O)N2CCN(C(c3ccccc3)c3ccccc3)CC2)cc1. The first kappa shape index (κ1) is 29.6. The first-order valence-corrected chi connectivity index (χ1v) is 15.6. The van der Waals surface area contributed by atoms with Gasteiger partial charge in [0, 0.05) is 68.3 Å². The van der Waals surface area contributed by atoms with Crippen LogP contribution in [0.1, 0.15) is 63.0 Å². The Morgan fingerprint density at radius 1 is 0.818 bits per heavy atom. The van der Waals surface area contributed by atoms with Gasteiger partial charge in [0.05, 0.1) is 6.04 Å². The average Bonchev–Trinajstić information content (AvgIpc) is 3.34. The molecule has 1 atom stereocenters. The van der Waals surface area contributed by atoms with E-state index in [1.807, 2.05) is 65.3 Å². The van der Waals surface area contributed by atoms with E-state index in [4.69, 9.17) is 4.74 Å². The first-order valence-electron chi connectivity index (χ1n) is 15.6. The molecule has 2 heterocycles. The van der Waals surface area contributed by atoms with Crippen molar-refractivity contribution in [2.75, 3.05) is 51.3 Å². The van der Waals surface area contributed by atoms with Crippen molar-refractivity contribution < 1.29 is 14.3 Å². The molecule has 7 heteroatoms. The maximum absolute atomic E-state index is 13.5. The molecule has 6 rings (SSSR count). The topological polar surface area (TPSA) is 65.1 Å². The second-order valence-electron chi connectivity index (χ2n) is 11.3. The number of nitrogens with zero attached hydrogens (tertiary/aromatic N) is 3. The Labute approximate surface area is 260 Å². The van der Waals surface area contributed by atoms with Gasteiger partial charge in [-0.05, 0) is 54.8 Å². The van der Waals surface area contributed by atoms with Gasteiger partial charge in [0.25, 0.3) is 11.8 Å². The lowest BCUT2D eigenvalue weighted by molar-refractivity contribution is 0.0597. The first-order chi connectivity index (χ1) is 21.6. The molecule has 1 saturated heterocycles. The number of ether oxygens (including phenoxy) is 1. The zero-order valence-electron chi connectivity index (χ0n) is 25.3. The molecule has 2 aliphatic heterocycles. The van der Waals surface area contributed by atoms with Crippen LogP contribution < -0.4 is 5.32 Å². The number of hydrogen-bond acceptors (Lipinski definition) is 5. The fourth-order valence-electron chi connectivity index (χ4n) is 6.36. The van der Waals surface area contributed by atoms with E-state index < -0.39 is 0 Å². The van der Waals surface area contributed by atoms with Crippen LogP contribution in [-0.2, 0) is 4.74 Å². The minimum atomic E-state index is -0.267. The number of fused-ring (bicyclic) bond motifs is 1. The molecule has 0 bridgehead atoms. The maximum Gasteiger partial charge on any atom is 0.256 e. The van der Waals surface area contributed by atoms with Crippen LogP contribution in [-0.4, -0.2) is 72.5 Å². The Kier molecular flexibility index (Phi) is 9.34. The summed E-state index contributed by atoms with van der Waals surface area (Å²) < 4.78 is 5.51. The molecule has 0 aromatic heterocycles. The van der Waals surface area contributed by atoms with Crippen LogP contribution in [0, 0.1) is 0 Å². The lowest BCUT2D eigenvalue weighted by Crippen LogP contribution is -2.49. The standard InChI is InChI=1S/C37H40N4O3/c1-2-44-27-11-22-41-35(32-16-9-10-17-33(32)37(41)43)38-31-20-18-30(19-21-31)36(42)40-25-23-39(24-26-40)34(28-12-5-3-6-13-28)29-14-7-4-8-15-29/h3-10,12-21,34-35,38H,2,11,22-27H2,1H3/t35-/m1/s1. The minimum Gasteiger partial charge on any atom is -0.382 e. The number of rotatable bonds is 11. The summed E-state index contributed by atoms with van der Waals surface area (Å²) in [6, 6.07) is 36.8. The van der Waals surface area contributed by atoms with Crippen LogP contribution in [0.25, 0.3) is 0 Å². The summed E-state index contributed by atoms with van der Waals surface area (Å²) in [5.41, 5.74) is 5.76. The number of amides is 2. The zero-order valence-corrected chi connectivity index (χ0v) is 25.3. The molecule has 0 radical (unpaired) electrons. The van der Waals surface area contributed by atoms with E-state index >= 15 is 0 Å². The lowest BCUT2D eigenvalue weighted by Gasteiger charge is -2.39. The second kappa shape index (κ2) is 13.9. The molecule has 0 spiro atoms. The van der Waals surface area contributed by atoms with E-state index in [1.54, 1.807) is 0 Å². The number of hydrogen-bond donors (Lipinski definition) is 1. The monoisotopic (exact) mass is 588 g/mol. The largest absolute Gasteiger partial charge is 0.382 e. The third-order valence-electron chi connectivity index (χ3n) is 8.58. The van der Waals surface area contributed by atoms with Gasteiger partial charge in [-0.2, -0.15) is 0 Å². The van der Waals surface area contributed by atoms with Gasteiger partial charge in [0.15, 0.2) is 0 Å². The Morgan fingerprint density at radius 2 is 1.43 bits per heavy atom. The molecule has 1 fully saturated rings. The fourth-order valence-corrected chi connectivity index (χ4v) is 6.36. The van der Waals surface area contributed by atoms with Crippen LogP contribution in [0.15, 0.2) is 109 Å². The van der Waals surface area contributed by atoms with Crippen LogP contribution >= 0.6 is 0 Å². The maximum atomic E-state index is 13.5. The lowest BCUT2D eigenvalue weighted by atomic mass is 9.96. The highest BCUT2D eigenvalue weighted by Crippen LogP contribution is 2.35. The molecular weight excluding hydrogens is 548 g/mol. The predicted octanol–water partition coefficient (Wildman–Crippen LogP) is 6.23. The van der Waals surface area contributed by atoms with Crippen molar-refractivity contribution in [3.05, 3.63) is 137 Å². The Balaban J connectivity index is 1.10. The molecule has 7 nitrogen and oxygen atoms in total. The highest BCUT2D eigenvalue weighted by atomic mass is 16.5. The van der Waals surface area contributed by atoms with Crippen molar-refractivity contribution in [3.8, 4) is 0 Å². The molecule has 0 unspecified atom stereocenters. The van der Waals surface area contributed by atoms with E-state index in [-0.39, 0.29) is 24.0 Å². The predicted molar refractivity (Wildman–Crippen MR) is 174 cm³/mol. The third-order valence-corrected chi connectivity index (χ3v) is 8.58. The average molecular weight is 589 g/mol. The molecule has 2 amide bonds. The Bertz CT molecular complexity index is 1500. The normalized spacial score (nSPS) is 16.8. The van der Waals surface area contributed by atoms with Crippen LogP contribution in [0.2, 0.25) is 0 Å². The van der Waals surface area contributed by atoms with Crippen molar-refractivity contribution in [2.24, 2.45) is 0 Å². The summed E-state index contributed by atoms with van der Waals surface area (Å²) in [5.74, 6) is 0.0772. The van der Waals surface area contributed by atoms with Gasteiger partial charge in [-0.1, -0.05) is 78.9 Å². The quantitative estimate of drug-likeness (QED) is 0.211. The van der Waals surface area contributed by atoms with Gasteiger partial charge < -0.3 is 19.9 Å². The fraction of sp³-hybridized carbons (Fsp3) is 0.297. The summed E-state index contributed by atoms with van der Waals surface area (Å²) in [6.07, 6.45) is 0.501. The number of piperazine rings is 1. The molecule has 0 aliphatic carbocycles. The molecular formula is C37H40N4O3. The van der Waals surface area contributed by atoms with Gasteiger partial charge in [-0.25, -0.2) is 0 Å². The van der Waals surface area contributed by atoms with Crippen molar-refractivity contribution in [2.45, 2.75) is 25.6 Å². The zero-order chi connectivity index (χ0) is 30.3. The Hall–Kier alpha value is -4.46. The van der Waals surface area contributed by atoms with Gasteiger partial charge >= 0.3 is 0 Å². The van der Waals surface area contributed by atoms with Crippen molar-refractivity contribution >= 4 is 17.5 Å². The molecule has 4 aromatic carbocycles. The highest BCUT2D eigenvalue weighted by Gasteiger charge is 2.36. The molecule has 2 aliphatic rings. The highest BCUT2D eigenvalue weighted by molar-refractivity contribution is 5.99. The number of benzene rings is 4. The summed E-state index contributed by atoms with van der Waals surface area (Å²) >= 11 is 0. The molecule has 0 saturated carbocycles. The van der Waals surface area contributed by atoms with Crippen molar-refractivity contribution in [1.29, 1.82) is 0 Å². The van der Waals surface area contributed by atoms with Gasteiger partial charge in [0.2, 0.25) is 0 Å². The van der Waals surface area contributed by atoms with E-state index in [0.29, 0.717) is 38.4 Å². The second-order valence-corrected chi connectivity index (χ2v) is 11.3. The summed E-state index contributed by atoms with van der Waals surface area (Å²) in [4.78, 5) is 33.0. The summed E-state index contributed by atoms with van der Waals surface area (Å²) in [7, 11) is 0. The van der Waals surface area contributed by atoms with Crippen LogP contribution in [0.5, 0.6) is 0 Å². The Morgan fingerprint density at radius 3 is 2.07 bits per heavy atom. The van der Waals surface area contributed by atoms with Crippen molar-refractivity contribution in [1.82, 2.24) is 14.7 Å². The van der Waals surface area contributed by atoms with Gasteiger partial charge in [-0.15, -0.1) is 0 Å². The number of anilines is 1. The molecule has 44 heavy (non-hydrogen) atoms. The minimum absolute atomic E-state index is 0.0299. The van der Waals surface area contributed by atoms with E-state index in [9.17, 15) is 9.59 Å². The third kappa shape index (κ3) is 6.39.